The Morgan fingerprint density at radius 1 is 1.35 bits per heavy atom. The number of nitrogens with two attached hydrogens (primary N) is 1. The molecular formula is C17H25N3O2S. The largest absolute Gasteiger partial charge is 0.365 e. The van der Waals surface area contributed by atoms with Gasteiger partial charge in [0.05, 0.1) is 12.1 Å². The van der Waals surface area contributed by atoms with E-state index in [1.807, 2.05) is 7.05 Å². The number of thiophene rings is 1. The Morgan fingerprint density at radius 2 is 2.04 bits per heavy atom. The van der Waals surface area contributed by atoms with Crippen LogP contribution in [0.25, 0.3) is 0 Å². The van der Waals surface area contributed by atoms with Gasteiger partial charge in [0.15, 0.2) is 0 Å². The fourth-order valence-corrected chi connectivity index (χ4v) is 4.70. The first kappa shape index (κ1) is 16.5. The number of hydrogen-bond donors (Lipinski definition) is 2. The lowest BCUT2D eigenvalue weighted by atomic mass is 9.95. The van der Waals surface area contributed by atoms with Crippen molar-refractivity contribution < 1.29 is 9.59 Å². The predicted molar refractivity (Wildman–Crippen MR) is 92.9 cm³/mol. The zero-order valence-corrected chi connectivity index (χ0v) is 14.7. The molecule has 1 atom stereocenters. The van der Waals surface area contributed by atoms with E-state index < -0.39 is 5.91 Å². The average Bonchev–Trinajstić information content (AvgIpc) is 3.27. The molecule has 3 rings (SSSR count). The van der Waals surface area contributed by atoms with Crippen molar-refractivity contribution in [3.8, 4) is 0 Å². The summed E-state index contributed by atoms with van der Waals surface area (Å²) in [5, 5.41) is 3.57. The van der Waals surface area contributed by atoms with E-state index in [1.165, 1.54) is 29.1 Å². The lowest BCUT2D eigenvalue weighted by molar-refractivity contribution is -0.117. The summed E-state index contributed by atoms with van der Waals surface area (Å²) in [6, 6.07) is 0.424. The maximum Gasteiger partial charge on any atom is 0.251 e. The number of carbonyl (C=O) groups is 2. The van der Waals surface area contributed by atoms with Crippen LogP contribution in [0.15, 0.2) is 0 Å². The highest BCUT2D eigenvalue weighted by Gasteiger charge is 2.31. The molecule has 1 aromatic heterocycles. The summed E-state index contributed by atoms with van der Waals surface area (Å²) < 4.78 is 0. The molecule has 126 valence electrons. The van der Waals surface area contributed by atoms with Crippen LogP contribution in [-0.2, 0) is 17.6 Å². The van der Waals surface area contributed by atoms with E-state index in [4.69, 9.17) is 5.73 Å². The number of anilines is 1. The lowest BCUT2D eigenvalue weighted by Gasteiger charge is -2.23. The van der Waals surface area contributed by atoms with E-state index in [0.717, 1.165) is 37.2 Å². The first-order chi connectivity index (χ1) is 11.0. The van der Waals surface area contributed by atoms with Crippen LogP contribution in [-0.4, -0.2) is 36.3 Å². The minimum Gasteiger partial charge on any atom is -0.365 e. The molecule has 2 aliphatic carbocycles. The molecule has 0 radical (unpaired) electrons. The molecule has 2 amide bonds. The molecule has 0 aromatic carbocycles. The second-order valence-corrected chi connectivity index (χ2v) is 7.93. The van der Waals surface area contributed by atoms with E-state index in [2.05, 4.69) is 17.1 Å². The van der Waals surface area contributed by atoms with Crippen LogP contribution < -0.4 is 11.1 Å². The van der Waals surface area contributed by atoms with E-state index in [9.17, 15) is 9.59 Å². The third kappa shape index (κ3) is 3.58. The molecule has 1 fully saturated rings. The Labute approximate surface area is 141 Å². The second-order valence-electron chi connectivity index (χ2n) is 6.82. The molecule has 0 bridgehead atoms. The molecule has 2 aliphatic rings. The molecule has 0 aliphatic heterocycles. The highest BCUT2D eigenvalue weighted by atomic mass is 32.1. The maximum absolute atomic E-state index is 12.4. The zero-order valence-electron chi connectivity index (χ0n) is 13.9. The molecule has 1 saturated carbocycles. The van der Waals surface area contributed by atoms with Gasteiger partial charge in [-0.1, -0.05) is 0 Å². The highest BCUT2D eigenvalue weighted by molar-refractivity contribution is 7.17. The third-order valence-electron chi connectivity index (χ3n) is 5.06. The average molecular weight is 335 g/mol. The number of fused-ring (bicyclic) bond motifs is 1. The standard InChI is InChI=1S/C17H25N3O2S/c1-10(11-7-8-11)20(2)9-14(21)19-17-15(16(18)22)12-5-3-4-6-13(12)23-17/h10-11H,3-9H2,1-2H3,(H2,18,22)(H,19,21). The van der Waals surface area contributed by atoms with Gasteiger partial charge in [0.2, 0.25) is 5.91 Å². The van der Waals surface area contributed by atoms with Gasteiger partial charge < -0.3 is 11.1 Å². The van der Waals surface area contributed by atoms with Crippen molar-refractivity contribution in [3.63, 3.8) is 0 Å². The first-order valence-electron chi connectivity index (χ1n) is 8.41. The van der Waals surface area contributed by atoms with Crippen molar-refractivity contribution in [2.24, 2.45) is 11.7 Å². The molecule has 3 N–H and O–H groups in total. The monoisotopic (exact) mass is 335 g/mol. The van der Waals surface area contributed by atoms with E-state index in [-0.39, 0.29) is 5.91 Å². The van der Waals surface area contributed by atoms with Crippen LogP contribution in [0, 0.1) is 5.92 Å². The third-order valence-corrected chi connectivity index (χ3v) is 6.27. The maximum atomic E-state index is 12.4. The van der Waals surface area contributed by atoms with Crippen molar-refractivity contribution in [1.29, 1.82) is 0 Å². The summed E-state index contributed by atoms with van der Waals surface area (Å²) in [5.41, 5.74) is 7.16. The summed E-state index contributed by atoms with van der Waals surface area (Å²) in [7, 11) is 1.98. The van der Waals surface area contributed by atoms with Gasteiger partial charge >= 0.3 is 0 Å². The molecule has 5 nitrogen and oxygen atoms in total. The van der Waals surface area contributed by atoms with Crippen LogP contribution in [0.3, 0.4) is 0 Å². The van der Waals surface area contributed by atoms with Crippen LogP contribution >= 0.6 is 11.3 Å². The Hall–Kier alpha value is -1.40. The summed E-state index contributed by atoms with van der Waals surface area (Å²) in [6.07, 6.45) is 6.61. The first-order valence-corrected chi connectivity index (χ1v) is 9.23. The fraction of sp³-hybridized carbons (Fsp3) is 0.647. The smallest absolute Gasteiger partial charge is 0.251 e. The molecular weight excluding hydrogens is 310 g/mol. The minimum absolute atomic E-state index is 0.0684. The Morgan fingerprint density at radius 3 is 2.70 bits per heavy atom. The summed E-state index contributed by atoms with van der Waals surface area (Å²) in [6.45, 7) is 2.52. The van der Waals surface area contributed by atoms with Gasteiger partial charge in [-0.2, -0.15) is 0 Å². The number of amides is 2. The Bertz CT molecular complexity index is 622. The number of primary amides is 1. The van der Waals surface area contributed by atoms with E-state index in [1.54, 1.807) is 0 Å². The number of hydrogen-bond acceptors (Lipinski definition) is 4. The van der Waals surface area contributed by atoms with E-state index in [0.29, 0.717) is 23.2 Å². The summed E-state index contributed by atoms with van der Waals surface area (Å²) in [5.74, 6) is 0.225. The van der Waals surface area contributed by atoms with Gasteiger partial charge in [-0.3, -0.25) is 14.5 Å². The number of carbonyl (C=O) groups excluding carboxylic acids is 2. The van der Waals surface area contributed by atoms with Crippen molar-refractivity contribution in [2.45, 2.75) is 51.5 Å². The van der Waals surface area contributed by atoms with E-state index >= 15 is 0 Å². The zero-order chi connectivity index (χ0) is 16.6. The molecule has 23 heavy (non-hydrogen) atoms. The summed E-state index contributed by atoms with van der Waals surface area (Å²) in [4.78, 5) is 27.5. The normalized spacial score (nSPS) is 18.6. The fourth-order valence-electron chi connectivity index (χ4n) is 3.39. The number of nitrogens with zero attached hydrogens (tertiary/aromatic N) is 1. The van der Waals surface area contributed by atoms with Crippen LogP contribution in [0.2, 0.25) is 0 Å². The van der Waals surface area contributed by atoms with Gasteiger partial charge in [0.25, 0.3) is 5.91 Å². The predicted octanol–water partition coefficient (Wildman–Crippen LogP) is 2.39. The number of likely N-dealkylation sites (N-methyl/N-ethyl adjacent to an activating group) is 1. The number of rotatable bonds is 6. The van der Waals surface area contributed by atoms with Crippen molar-refractivity contribution in [1.82, 2.24) is 4.90 Å². The Kier molecular flexibility index (Phi) is 4.73. The van der Waals surface area contributed by atoms with Crippen LogP contribution in [0.1, 0.15) is 53.4 Å². The van der Waals surface area contributed by atoms with Gasteiger partial charge in [-0.15, -0.1) is 11.3 Å². The topological polar surface area (TPSA) is 75.4 Å². The summed E-state index contributed by atoms with van der Waals surface area (Å²) >= 11 is 1.52. The van der Waals surface area contributed by atoms with Gasteiger partial charge in [-0.05, 0) is 64.0 Å². The molecule has 1 aromatic rings. The lowest BCUT2D eigenvalue weighted by Crippen LogP contribution is -2.37. The van der Waals surface area contributed by atoms with Gasteiger partial charge in [0.1, 0.15) is 5.00 Å². The van der Waals surface area contributed by atoms with Gasteiger partial charge in [-0.25, -0.2) is 0 Å². The highest BCUT2D eigenvalue weighted by Crippen LogP contribution is 2.38. The van der Waals surface area contributed by atoms with Crippen molar-refractivity contribution >= 4 is 28.2 Å². The number of aryl methyl sites for hydroxylation is 1. The van der Waals surface area contributed by atoms with Crippen LogP contribution in [0.4, 0.5) is 5.00 Å². The molecule has 0 saturated heterocycles. The minimum atomic E-state index is -0.431. The Balaban J connectivity index is 1.70. The molecule has 6 heteroatoms. The molecule has 0 spiro atoms. The quantitative estimate of drug-likeness (QED) is 0.838. The molecule has 1 unspecified atom stereocenters. The van der Waals surface area contributed by atoms with Gasteiger partial charge in [0, 0.05) is 10.9 Å². The van der Waals surface area contributed by atoms with Crippen molar-refractivity contribution in [3.05, 3.63) is 16.0 Å². The van der Waals surface area contributed by atoms with Crippen molar-refractivity contribution in [2.75, 3.05) is 18.9 Å². The van der Waals surface area contributed by atoms with Crippen LogP contribution in [0.5, 0.6) is 0 Å². The number of nitrogens with one attached hydrogen (secondary N) is 1. The second kappa shape index (κ2) is 6.61. The molecule has 1 heterocycles. The SMILES string of the molecule is CC(C1CC1)N(C)CC(=O)Nc1sc2c(c1C(N)=O)CCCC2.